The molecule has 0 amide bonds. The molecule has 0 fully saturated rings. The van der Waals surface area contributed by atoms with Crippen molar-refractivity contribution >= 4 is 0 Å². The Kier molecular flexibility index (Phi) is 3.87. The molecule has 1 heterocycles. The van der Waals surface area contributed by atoms with Gasteiger partial charge in [-0.3, -0.25) is 0 Å². The van der Waals surface area contributed by atoms with Crippen molar-refractivity contribution in [1.82, 2.24) is 0 Å². The van der Waals surface area contributed by atoms with Gasteiger partial charge in [-0.05, 0) is 42.5 Å². The fraction of sp³-hybridized carbons (Fsp3) is 0.375. The molecule has 2 rings (SSSR count). The van der Waals surface area contributed by atoms with Gasteiger partial charge in [0.15, 0.2) is 0 Å². The normalized spacial score (nSPS) is 12.7. The van der Waals surface area contributed by atoms with E-state index in [0.717, 1.165) is 24.2 Å². The van der Waals surface area contributed by atoms with Crippen molar-refractivity contribution in [2.24, 2.45) is 5.73 Å². The maximum atomic E-state index is 6.40. The molecule has 96 valence electrons. The van der Waals surface area contributed by atoms with E-state index in [-0.39, 0.29) is 6.04 Å². The van der Waals surface area contributed by atoms with E-state index in [1.165, 1.54) is 16.7 Å². The van der Waals surface area contributed by atoms with Crippen molar-refractivity contribution in [2.75, 3.05) is 0 Å². The number of nitrogens with two attached hydrogens (primary N) is 1. The molecule has 0 aliphatic carbocycles. The average molecular weight is 243 g/mol. The molecule has 0 saturated heterocycles. The maximum Gasteiger partial charge on any atom is 0.105 e. The third-order valence-electron chi connectivity index (χ3n) is 3.57. The highest BCUT2D eigenvalue weighted by Crippen LogP contribution is 2.27. The summed E-state index contributed by atoms with van der Waals surface area (Å²) in [5.74, 6) is 0.909. The zero-order valence-electron chi connectivity index (χ0n) is 11.4. The lowest BCUT2D eigenvalue weighted by Crippen LogP contribution is -2.14. The van der Waals surface area contributed by atoms with Crippen molar-refractivity contribution < 1.29 is 4.42 Å². The van der Waals surface area contributed by atoms with Gasteiger partial charge in [0.05, 0.1) is 12.3 Å². The van der Waals surface area contributed by atoms with Crippen LogP contribution in [-0.2, 0) is 12.8 Å². The summed E-state index contributed by atoms with van der Waals surface area (Å²) in [7, 11) is 0. The highest BCUT2D eigenvalue weighted by Gasteiger charge is 2.16. The highest BCUT2D eigenvalue weighted by molar-refractivity contribution is 5.40. The largest absolute Gasteiger partial charge is 0.469 e. The van der Waals surface area contributed by atoms with E-state index in [1.54, 1.807) is 6.26 Å². The number of hydrogen-bond acceptors (Lipinski definition) is 2. The predicted octanol–water partition coefficient (Wildman–Crippen LogP) is 3.76. The highest BCUT2D eigenvalue weighted by atomic mass is 16.3. The van der Waals surface area contributed by atoms with Gasteiger partial charge in [0.2, 0.25) is 0 Å². The minimum Gasteiger partial charge on any atom is -0.469 e. The Bertz CT molecular complexity index is 528. The molecule has 0 aliphatic heterocycles. The molecular weight excluding hydrogens is 222 g/mol. The molecule has 0 radical (unpaired) electrons. The van der Waals surface area contributed by atoms with Crippen LogP contribution >= 0.6 is 0 Å². The van der Waals surface area contributed by atoms with Crippen molar-refractivity contribution in [2.45, 2.75) is 39.7 Å². The summed E-state index contributed by atoms with van der Waals surface area (Å²) in [4.78, 5) is 0. The van der Waals surface area contributed by atoms with E-state index in [9.17, 15) is 0 Å². The molecule has 2 nitrogen and oxygen atoms in total. The molecule has 1 aromatic heterocycles. The second-order valence-corrected chi connectivity index (χ2v) is 4.65. The molecule has 1 unspecified atom stereocenters. The maximum absolute atomic E-state index is 6.40. The van der Waals surface area contributed by atoms with Gasteiger partial charge in [-0.2, -0.15) is 0 Å². The van der Waals surface area contributed by atoms with Crippen molar-refractivity contribution in [1.29, 1.82) is 0 Å². The van der Waals surface area contributed by atoms with Gasteiger partial charge in [0.25, 0.3) is 0 Å². The van der Waals surface area contributed by atoms with E-state index in [0.29, 0.717) is 0 Å². The van der Waals surface area contributed by atoms with Crippen LogP contribution in [0.1, 0.15) is 47.9 Å². The van der Waals surface area contributed by atoms with E-state index < -0.39 is 0 Å². The van der Waals surface area contributed by atoms with Crippen LogP contribution in [0.15, 0.2) is 34.9 Å². The predicted molar refractivity (Wildman–Crippen MR) is 74.7 cm³/mol. The van der Waals surface area contributed by atoms with Gasteiger partial charge in [-0.15, -0.1) is 0 Å². The lowest BCUT2D eigenvalue weighted by molar-refractivity contribution is 0.527. The first-order chi connectivity index (χ1) is 8.67. The molecular formula is C16H21NO. The summed E-state index contributed by atoms with van der Waals surface area (Å²) in [6.45, 7) is 6.29. The first-order valence-electron chi connectivity index (χ1n) is 6.58. The van der Waals surface area contributed by atoms with Crippen LogP contribution in [0.25, 0.3) is 0 Å². The minimum atomic E-state index is -0.0924. The van der Waals surface area contributed by atoms with Crippen LogP contribution < -0.4 is 5.73 Å². The smallest absolute Gasteiger partial charge is 0.105 e. The number of furan rings is 1. The molecule has 1 aromatic carbocycles. The summed E-state index contributed by atoms with van der Waals surface area (Å²) >= 11 is 0. The third-order valence-corrected chi connectivity index (χ3v) is 3.57. The van der Waals surface area contributed by atoms with Crippen LogP contribution in [0, 0.1) is 6.92 Å². The molecule has 1 atom stereocenters. The SMILES string of the molecule is CCc1ccc(CC)c(C(N)c2ccoc2C)c1. The Hall–Kier alpha value is -1.54. The summed E-state index contributed by atoms with van der Waals surface area (Å²) in [5.41, 5.74) is 11.4. The first kappa shape index (κ1) is 12.9. The molecule has 0 aliphatic rings. The van der Waals surface area contributed by atoms with Gasteiger partial charge in [-0.1, -0.05) is 32.0 Å². The quantitative estimate of drug-likeness (QED) is 0.888. The summed E-state index contributed by atoms with van der Waals surface area (Å²) in [6.07, 6.45) is 3.75. The number of rotatable bonds is 4. The zero-order valence-corrected chi connectivity index (χ0v) is 11.4. The van der Waals surface area contributed by atoms with Crippen LogP contribution in [-0.4, -0.2) is 0 Å². The third kappa shape index (κ3) is 2.34. The Balaban J connectivity index is 2.45. The fourth-order valence-electron chi connectivity index (χ4n) is 2.36. The Morgan fingerprint density at radius 3 is 2.44 bits per heavy atom. The Labute approximate surface area is 109 Å². The van der Waals surface area contributed by atoms with E-state index in [4.69, 9.17) is 10.2 Å². The van der Waals surface area contributed by atoms with Gasteiger partial charge in [0, 0.05) is 5.56 Å². The van der Waals surface area contributed by atoms with Crippen molar-refractivity contribution in [3.05, 3.63) is 58.5 Å². The average Bonchev–Trinajstić information content (AvgIpc) is 2.83. The molecule has 0 bridgehead atoms. The second kappa shape index (κ2) is 5.40. The van der Waals surface area contributed by atoms with E-state index in [1.807, 2.05) is 13.0 Å². The summed E-state index contributed by atoms with van der Waals surface area (Å²) in [5, 5.41) is 0. The molecule has 0 spiro atoms. The fourth-order valence-corrected chi connectivity index (χ4v) is 2.36. The lowest BCUT2D eigenvalue weighted by atomic mass is 9.92. The monoisotopic (exact) mass is 243 g/mol. The van der Waals surface area contributed by atoms with Gasteiger partial charge < -0.3 is 10.2 Å². The molecule has 18 heavy (non-hydrogen) atoms. The van der Waals surface area contributed by atoms with E-state index in [2.05, 4.69) is 32.0 Å². The van der Waals surface area contributed by atoms with Gasteiger partial charge in [-0.25, -0.2) is 0 Å². The first-order valence-corrected chi connectivity index (χ1v) is 6.58. The topological polar surface area (TPSA) is 39.2 Å². The zero-order chi connectivity index (χ0) is 13.1. The minimum absolute atomic E-state index is 0.0924. The van der Waals surface area contributed by atoms with Crippen molar-refractivity contribution in [3.8, 4) is 0 Å². The lowest BCUT2D eigenvalue weighted by Gasteiger charge is -2.17. The Morgan fingerprint density at radius 2 is 1.89 bits per heavy atom. The number of benzene rings is 1. The summed E-state index contributed by atoms with van der Waals surface area (Å²) < 4.78 is 5.36. The van der Waals surface area contributed by atoms with E-state index >= 15 is 0 Å². The Morgan fingerprint density at radius 1 is 1.11 bits per heavy atom. The molecule has 0 saturated carbocycles. The second-order valence-electron chi connectivity index (χ2n) is 4.65. The van der Waals surface area contributed by atoms with Crippen LogP contribution in [0.3, 0.4) is 0 Å². The number of hydrogen-bond donors (Lipinski definition) is 1. The summed E-state index contributed by atoms with van der Waals surface area (Å²) in [6, 6.07) is 8.50. The van der Waals surface area contributed by atoms with Crippen molar-refractivity contribution in [3.63, 3.8) is 0 Å². The van der Waals surface area contributed by atoms with Gasteiger partial charge >= 0.3 is 0 Å². The number of aryl methyl sites for hydroxylation is 3. The standard InChI is InChI=1S/C16H21NO/c1-4-12-6-7-13(5-2)15(10-12)16(17)14-8-9-18-11(14)3/h6-10,16H,4-5,17H2,1-3H3. The van der Waals surface area contributed by atoms with Gasteiger partial charge in [0.1, 0.15) is 5.76 Å². The molecule has 2 N–H and O–H groups in total. The van der Waals surface area contributed by atoms with Crippen LogP contribution in [0.2, 0.25) is 0 Å². The van der Waals surface area contributed by atoms with Crippen LogP contribution in [0.4, 0.5) is 0 Å². The molecule has 2 aromatic rings. The van der Waals surface area contributed by atoms with Crippen LogP contribution in [0.5, 0.6) is 0 Å². The molecule has 2 heteroatoms.